The van der Waals surface area contributed by atoms with Crippen LogP contribution in [0.5, 0.6) is 0 Å². The molecule has 6 nitrogen and oxygen atoms in total. The van der Waals surface area contributed by atoms with Crippen molar-refractivity contribution in [2.45, 2.75) is 27.7 Å². The molecule has 1 aliphatic heterocycles. The minimum Gasteiger partial charge on any atom is -0.340 e. The second-order valence-corrected chi connectivity index (χ2v) is 6.78. The van der Waals surface area contributed by atoms with Crippen molar-refractivity contribution in [1.29, 1.82) is 0 Å². The summed E-state index contributed by atoms with van der Waals surface area (Å²) in [5.41, 5.74) is 3.84. The standard InChI is InChI=1S/C20H27N5O/c1-5-24-9-11-25(12-10-24)20(26)18-13-19(22-16(4)21-18)23-17-8-6-7-14(2)15(17)3/h6-8,13H,5,9-12H2,1-4H3,(H,21,22,23). The number of hydrogen-bond donors (Lipinski definition) is 1. The maximum atomic E-state index is 12.9. The zero-order chi connectivity index (χ0) is 18.7. The van der Waals surface area contributed by atoms with E-state index in [1.807, 2.05) is 24.0 Å². The Morgan fingerprint density at radius 2 is 1.85 bits per heavy atom. The average Bonchev–Trinajstić information content (AvgIpc) is 2.64. The number of anilines is 2. The Balaban J connectivity index is 1.79. The summed E-state index contributed by atoms with van der Waals surface area (Å²) in [6.07, 6.45) is 0. The quantitative estimate of drug-likeness (QED) is 0.916. The Hall–Kier alpha value is -2.47. The Bertz CT molecular complexity index is 797. The summed E-state index contributed by atoms with van der Waals surface area (Å²) in [5, 5.41) is 3.34. The van der Waals surface area contributed by atoms with Gasteiger partial charge in [-0.3, -0.25) is 4.79 Å². The summed E-state index contributed by atoms with van der Waals surface area (Å²) in [5.74, 6) is 1.23. The third-order valence-corrected chi connectivity index (χ3v) is 5.03. The largest absolute Gasteiger partial charge is 0.340 e. The molecule has 2 aromatic rings. The Kier molecular flexibility index (Phi) is 5.52. The molecule has 0 spiro atoms. The lowest BCUT2D eigenvalue weighted by atomic mass is 10.1. The van der Waals surface area contributed by atoms with E-state index in [1.165, 1.54) is 11.1 Å². The zero-order valence-corrected chi connectivity index (χ0v) is 16.0. The van der Waals surface area contributed by atoms with Crippen molar-refractivity contribution in [2.24, 2.45) is 0 Å². The number of nitrogens with zero attached hydrogens (tertiary/aromatic N) is 4. The van der Waals surface area contributed by atoms with E-state index in [2.05, 4.69) is 47.0 Å². The number of hydrogen-bond acceptors (Lipinski definition) is 5. The van der Waals surface area contributed by atoms with Crippen LogP contribution in [0.3, 0.4) is 0 Å². The summed E-state index contributed by atoms with van der Waals surface area (Å²) in [7, 11) is 0. The van der Waals surface area contributed by atoms with E-state index in [9.17, 15) is 4.79 Å². The number of carbonyl (C=O) groups is 1. The summed E-state index contributed by atoms with van der Waals surface area (Å²) < 4.78 is 0. The maximum absolute atomic E-state index is 12.9. The lowest BCUT2D eigenvalue weighted by molar-refractivity contribution is 0.0637. The third kappa shape index (κ3) is 4.02. The van der Waals surface area contributed by atoms with Gasteiger partial charge in [-0.15, -0.1) is 0 Å². The number of rotatable bonds is 4. The molecule has 0 atom stereocenters. The van der Waals surface area contributed by atoms with Crippen LogP contribution in [0, 0.1) is 20.8 Å². The van der Waals surface area contributed by atoms with E-state index in [1.54, 1.807) is 6.07 Å². The number of aromatic nitrogens is 2. The molecule has 6 heteroatoms. The van der Waals surface area contributed by atoms with Gasteiger partial charge in [-0.05, 0) is 44.5 Å². The van der Waals surface area contributed by atoms with Gasteiger partial charge in [0.1, 0.15) is 17.3 Å². The summed E-state index contributed by atoms with van der Waals surface area (Å²) in [4.78, 5) is 25.9. The van der Waals surface area contributed by atoms with Crippen molar-refractivity contribution in [3.63, 3.8) is 0 Å². The number of aryl methyl sites for hydroxylation is 2. The van der Waals surface area contributed by atoms with E-state index < -0.39 is 0 Å². The zero-order valence-electron chi connectivity index (χ0n) is 16.0. The molecule has 138 valence electrons. The van der Waals surface area contributed by atoms with Crippen molar-refractivity contribution in [3.8, 4) is 0 Å². The van der Waals surface area contributed by atoms with E-state index >= 15 is 0 Å². The molecule has 26 heavy (non-hydrogen) atoms. The molecule has 1 saturated heterocycles. The Morgan fingerprint density at radius 3 is 2.54 bits per heavy atom. The first-order valence-electron chi connectivity index (χ1n) is 9.18. The molecule has 1 aromatic heterocycles. The molecule has 2 heterocycles. The van der Waals surface area contributed by atoms with Gasteiger partial charge in [-0.2, -0.15) is 0 Å². The van der Waals surface area contributed by atoms with Crippen LogP contribution in [0.4, 0.5) is 11.5 Å². The molecule has 1 aromatic carbocycles. The summed E-state index contributed by atoms with van der Waals surface area (Å²) >= 11 is 0. The van der Waals surface area contributed by atoms with Crippen LogP contribution in [0.2, 0.25) is 0 Å². The smallest absolute Gasteiger partial charge is 0.272 e. The minimum absolute atomic E-state index is 0.0183. The van der Waals surface area contributed by atoms with E-state index in [0.717, 1.165) is 38.4 Å². The van der Waals surface area contributed by atoms with Crippen LogP contribution in [0.25, 0.3) is 0 Å². The van der Waals surface area contributed by atoms with Gasteiger partial charge in [-0.25, -0.2) is 9.97 Å². The fraction of sp³-hybridized carbons (Fsp3) is 0.450. The molecule has 0 aliphatic carbocycles. The Morgan fingerprint density at radius 1 is 1.12 bits per heavy atom. The van der Waals surface area contributed by atoms with Crippen LogP contribution in [0.15, 0.2) is 24.3 Å². The van der Waals surface area contributed by atoms with Crippen LogP contribution in [-0.4, -0.2) is 58.4 Å². The number of nitrogens with one attached hydrogen (secondary N) is 1. The SMILES string of the molecule is CCN1CCN(C(=O)c2cc(Nc3cccc(C)c3C)nc(C)n2)CC1. The van der Waals surface area contributed by atoms with Crippen LogP contribution >= 0.6 is 0 Å². The lowest BCUT2D eigenvalue weighted by Gasteiger charge is -2.33. The van der Waals surface area contributed by atoms with Crippen LogP contribution < -0.4 is 5.32 Å². The van der Waals surface area contributed by atoms with E-state index in [-0.39, 0.29) is 5.91 Å². The van der Waals surface area contributed by atoms with Gasteiger partial charge in [-0.1, -0.05) is 19.1 Å². The van der Waals surface area contributed by atoms with Crippen molar-refractivity contribution >= 4 is 17.4 Å². The monoisotopic (exact) mass is 353 g/mol. The van der Waals surface area contributed by atoms with Crippen LogP contribution in [0.1, 0.15) is 34.4 Å². The first-order chi connectivity index (χ1) is 12.5. The third-order valence-electron chi connectivity index (χ3n) is 5.03. The van der Waals surface area contributed by atoms with E-state index in [4.69, 9.17) is 0 Å². The molecule has 0 unspecified atom stereocenters. The second kappa shape index (κ2) is 7.83. The van der Waals surface area contributed by atoms with Crippen molar-refractivity contribution in [1.82, 2.24) is 19.8 Å². The fourth-order valence-electron chi connectivity index (χ4n) is 3.19. The van der Waals surface area contributed by atoms with Gasteiger partial charge >= 0.3 is 0 Å². The van der Waals surface area contributed by atoms with E-state index in [0.29, 0.717) is 17.3 Å². The van der Waals surface area contributed by atoms with Crippen LogP contribution in [-0.2, 0) is 0 Å². The highest BCUT2D eigenvalue weighted by molar-refractivity contribution is 5.93. The van der Waals surface area contributed by atoms with Gasteiger partial charge in [0.2, 0.25) is 0 Å². The molecule has 3 rings (SSSR count). The number of piperazine rings is 1. The average molecular weight is 353 g/mol. The highest BCUT2D eigenvalue weighted by atomic mass is 16.2. The number of benzene rings is 1. The molecular weight excluding hydrogens is 326 g/mol. The van der Waals surface area contributed by atoms with Gasteiger partial charge in [0, 0.05) is 37.9 Å². The molecule has 0 saturated carbocycles. The molecule has 0 bridgehead atoms. The topological polar surface area (TPSA) is 61.4 Å². The molecular formula is C20H27N5O. The van der Waals surface area contributed by atoms with Crippen molar-refractivity contribution in [2.75, 3.05) is 38.0 Å². The molecule has 1 fully saturated rings. The highest BCUT2D eigenvalue weighted by Gasteiger charge is 2.23. The minimum atomic E-state index is -0.0183. The first-order valence-corrected chi connectivity index (χ1v) is 9.18. The number of carbonyl (C=O) groups excluding carboxylic acids is 1. The van der Waals surface area contributed by atoms with Crippen molar-refractivity contribution in [3.05, 3.63) is 46.9 Å². The van der Waals surface area contributed by atoms with Gasteiger partial charge in [0.05, 0.1) is 0 Å². The highest BCUT2D eigenvalue weighted by Crippen LogP contribution is 2.22. The second-order valence-electron chi connectivity index (χ2n) is 6.78. The molecule has 1 aliphatic rings. The summed E-state index contributed by atoms with van der Waals surface area (Å²) in [6, 6.07) is 7.86. The predicted molar refractivity (Wildman–Crippen MR) is 104 cm³/mol. The Labute approximate surface area is 155 Å². The maximum Gasteiger partial charge on any atom is 0.272 e. The first kappa shape index (κ1) is 18.3. The predicted octanol–water partition coefficient (Wildman–Crippen LogP) is 2.92. The van der Waals surface area contributed by atoms with Gasteiger partial charge in [0.15, 0.2) is 0 Å². The van der Waals surface area contributed by atoms with Gasteiger partial charge in [0.25, 0.3) is 5.91 Å². The normalized spacial score (nSPS) is 15.2. The summed E-state index contributed by atoms with van der Waals surface area (Å²) in [6.45, 7) is 12.5. The number of amides is 1. The molecule has 1 N–H and O–H groups in total. The molecule has 0 radical (unpaired) electrons. The lowest BCUT2D eigenvalue weighted by Crippen LogP contribution is -2.48. The number of likely N-dealkylation sites (N-methyl/N-ethyl adjacent to an activating group) is 1. The molecule has 1 amide bonds. The van der Waals surface area contributed by atoms with Crippen molar-refractivity contribution < 1.29 is 4.79 Å². The van der Waals surface area contributed by atoms with Gasteiger partial charge < -0.3 is 15.1 Å². The fourth-order valence-corrected chi connectivity index (χ4v) is 3.19.